The molecule has 2 N–H and O–H groups in total. The van der Waals surface area contributed by atoms with E-state index < -0.39 is 10.7 Å². The third-order valence-corrected chi connectivity index (χ3v) is 6.65. The van der Waals surface area contributed by atoms with Gasteiger partial charge >= 0.3 is 5.97 Å². The van der Waals surface area contributed by atoms with Crippen LogP contribution in [0.5, 0.6) is 0 Å². The Morgan fingerprint density at radius 1 is 1.16 bits per heavy atom. The first-order chi connectivity index (χ1) is 14.9. The highest BCUT2D eigenvalue weighted by Gasteiger charge is 2.31. The first-order valence-electron chi connectivity index (χ1n) is 10.6. The fraction of sp³-hybridized carbons (Fsp3) is 0.417. The molecule has 2 atom stereocenters. The van der Waals surface area contributed by atoms with Crippen LogP contribution in [-0.2, 0) is 28.9 Å². The molecular weight excluding hydrogens is 412 g/mol. The van der Waals surface area contributed by atoms with E-state index in [0.29, 0.717) is 19.4 Å². The summed E-state index contributed by atoms with van der Waals surface area (Å²) in [6.07, 6.45) is 3.80. The van der Waals surface area contributed by atoms with Crippen LogP contribution in [0.4, 0.5) is 0 Å². The highest BCUT2D eigenvalue weighted by atomic mass is 32.2. The molecule has 2 unspecified atom stereocenters. The van der Waals surface area contributed by atoms with Gasteiger partial charge in [-0.15, -0.1) is 4.91 Å². The summed E-state index contributed by atoms with van der Waals surface area (Å²) in [6.45, 7) is 2.25. The molecule has 0 saturated heterocycles. The number of nitrogens with one attached hydrogen (secondary N) is 1. The number of fused-ring (bicyclic) bond motifs is 1. The predicted molar refractivity (Wildman–Crippen MR) is 123 cm³/mol. The van der Waals surface area contributed by atoms with Crippen molar-refractivity contribution < 1.29 is 14.7 Å². The highest BCUT2D eigenvalue weighted by molar-refractivity contribution is 7.99. The Morgan fingerprint density at radius 2 is 1.87 bits per heavy atom. The van der Waals surface area contributed by atoms with Crippen LogP contribution < -0.4 is 5.32 Å². The molecule has 0 fully saturated rings. The minimum Gasteiger partial charge on any atom is -0.481 e. The number of carbonyl (C=O) groups is 2. The van der Waals surface area contributed by atoms with Gasteiger partial charge in [0.25, 0.3) is 0 Å². The number of amides is 1. The number of carboxylic acid groups (broad SMARTS) is 1. The third-order valence-electron chi connectivity index (χ3n) is 5.85. The van der Waals surface area contributed by atoms with Gasteiger partial charge in [-0.3, -0.25) is 9.59 Å². The van der Waals surface area contributed by atoms with Gasteiger partial charge in [0, 0.05) is 23.1 Å². The largest absolute Gasteiger partial charge is 0.481 e. The number of hydrogen-bond acceptors (Lipinski definition) is 5. The molecule has 1 amide bonds. The van der Waals surface area contributed by atoms with Crippen molar-refractivity contribution in [1.82, 2.24) is 5.32 Å². The van der Waals surface area contributed by atoms with Crippen LogP contribution in [0.25, 0.3) is 0 Å². The zero-order chi connectivity index (χ0) is 22.3. The predicted octanol–water partition coefficient (Wildman–Crippen LogP) is 4.66. The quantitative estimate of drug-likeness (QED) is 0.414. The van der Waals surface area contributed by atoms with Crippen molar-refractivity contribution >= 4 is 23.8 Å². The van der Waals surface area contributed by atoms with E-state index in [1.165, 1.54) is 5.56 Å². The van der Waals surface area contributed by atoms with Gasteiger partial charge in [-0.25, -0.2) is 0 Å². The molecular formula is C24H28N2O4S. The first kappa shape index (κ1) is 23.0. The van der Waals surface area contributed by atoms with Crippen molar-refractivity contribution in [3.05, 3.63) is 75.7 Å². The van der Waals surface area contributed by atoms with E-state index >= 15 is 0 Å². The Bertz CT molecular complexity index is 949. The molecule has 0 aromatic heterocycles. The normalized spacial score (nSPS) is 17.3. The number of aliphatic carboxylic acids is 1. The molecule has 2 aromatic carbocycles. The zero-order valence-electron chi connectivity index (χ0n) is 17.7. The molecule has 2 aromatic rings. The van der Waals surface area contributed by atoms with E-state index in [-0.39, 0.29) is 18.2 Å². The van der Waals surface area contributed by atoms with Gasteiger partial charge in [0.2, 0.25) is 5.91 Å². The second kappa shape index (κ2) is 10.6. The topological polar surface area (TPSA) is 95.8 Å². The van der Waals surface area contributed by atoms with Crippen LogP contribution in [0.2, 0.25) is 0 Å². The summed E-state index contributed by atoms with van der Waals surface area (Å²) in [5.74, 6) is -1.01. The van der Waals surface area contributed by atoms with Crippen molar-refractivity contribution in [1.29, 1.82) is 0 Å². The lowest BCUT2D eigenvalue weighted by Gasteiger charge is -2.25. The van der Waals surface area contributed by atoms with Crippen molar-refractivity contribution in [3.63, 3.8) is 0 Å². The summed E-state index contributed by atoms with van der Waals surface area (Å²) in [5.41, 5.74) is 4.40. The molecule has 0 spiro atoms. The lowest BCUT2D eigenvalue weighted by atomic mass is 9.82. The maximum absolute atomic E-state index is 12.8. The molecule has 0 radical (unpaired) electrons. The van der Waals surface area contributed by atoms with Crippen molar-refractivity contribution in [2.24, 2.45) is 4.58 Å². The maximum atomic E-state index is 12.8. The number of rotatable bonds is 10. The Kier molecular flexibility index (Phi) is 7.85. The standard InChI is InChI=1S/C24H28N2O4S/c1-24(31-26-30,16-22(27)28)15-19-9-3-2-7-17(19)13-14-25-23(29)21-12-6-10-18-8-4-5-11-20(18)21/h2-5,7-9,11,21H,6,10,12-16H2,1H3,(H,25,29)(H,27,28). The maximum Gasteiger partial charge on any atom is 0.304 e. The Morgan fingerprint density at radius 3 is 2.61 bits per heavy atom. The van der Waals surface area contributed by atoms with Crippen LogP contribution in [0, 0.1) is 4.91 Å². The number of nitroso groups, excluding NO2 is 1. The molecule has 6 nitrogen and oxygen atoms in total. The van der Waals surface area contributed by atoms with E-state index in [9.17, 15) is 19.6 Å². The summed E-state index contributed by atoms with van der Waals surface area (Å²) in [5, 5.41) is 12.3. The van der Waals surface area contributed by atoms with Gasteiger partial charge < -0.3 is 10.4 Å². The minimum absolute atomic E-state index is 0.0565. The van der Waals surface area contributed by atoms with Gasteiger partial charge in [0.05, 0.1) is 17.1 Å². The molecule has 1 aliphatic carbocycles. The van der Waals surface area contributed by atoms with Crippen LogP contribution >= 0.6 is 11.9 Å². The van der Waals surface area contributed by atoms with Gasteiger partial charge in [-0.2, -0.15) is 0 Å². The van der Waals surface area contributed by atoms with Crippen LogP contribution in [-0.4, -0.2) is 28.3 Å². The van der Waals surface area contributed by atoms with Crippen molar-refractivity contribution in [3.8, 4) is 0 Å². The Balaban J connectivity index is 1.63. The summed E-state index contributed by atoms with van der Waals surface area (Å²) < 4.78 is 2.07. The molecule has 7 heteroatoms. The fourth-order valence-corrected chi connectivity index (χ4v) is 4.97. The number of carboxylic acids is 1. The molecule has 31 heavy (non-hydrogen) atoms. The summed E-state index contributed by atoms with van der Waals surface area (Å²) >= 11 is 0.770. The highest BCUT2D eigenvalue weighted by Crippen LogP contribution is 2.34. The van der Waals surface area contributed by atoms with E-state index in [0.717, 1.165) is 47.9 Å². The second-order valence-electron chi connectivity index (χ2n) is 8.32. The van der Waals surface area contributed by atoms with Gasteiger partial charge in [-0.1, -0.05) is 48.5 Å². The number of benzene rings is 2. The van der Waals surface area contributed by atoms with Crippen molar-refractivity contribution in [2.45, 2.75) is 56.1 Å². The molecule has 164 valence electrons. The Hall–Kier alpha value is -2.67. The van der Waals surface area contributed by atoms with Crippen molar-refractivity contribution in [2.75, 3.05) is 6.54 Å². The van der Waals surface area contributed by atoms with E-state index in [4.69, 9.17) is 0 Å². The average molecular weight is 441 g/mol. The first-order valence-corrected chi connectivity index (χ1v) is 11.3. The van der Waals surface area contributed by atoms with E-state index in [1.54, 1.807) is 6.92 Å². The molecule has 0 bridgehead atoms. The van der Waals surface area contributed by atoms with Gasteiger partial charge in [0.15, 0.2) is 0 Å². The third kappa shape index (κ3) is 6.17. The van der Waals surface area contributed by atoms with E-state index in [1.807, 2.05) is 36.4 Å². The molecule has 0 saturated carbocycles. The lowest BCUT2D eigenvalue weighted by molar-refractivity contribution is -0.137. The smallest absolute Gasteiger partial charge is 0.304 e. The number of aryl methyl sites for hydroxylation is 1. The van der Waals surface area contributed by atoms with Crippen LogP contribution in [0.15, 0.2) is 53.1 Å². The summed E-state index contributed by atoms with van der Waals surface area (Å²) in [4.78, 5) is 34.9. The Labute approximate surface area is 186 Å². The monoisotopic (exact) mass is 440 g/mol. The second-order valence-corrected chi connectivity index (χ2v) is 9.63. The average Bonchev–Trinajstić information content (AvgIpc) is 2.74. The number of carbonyl (C=O) groups excluding carboxylic acids is 1. The zero-order valence-corrected chi connectivity index (χ0v) is 18.5. The molecule has 0 heterocycles. The summed E-state index contributed by atoms with van der Waals surface area (Å²) in [7, 11) is 0. The molecule has 1 aliphatic rings. The SMILES string of the molecule is CC(CC(=O)O)(Cc1ccccc1CCNC(=O)C1CCCc2ccccc21)SN=O. The van der Waals surface area contributed by atoms with Gasteiger partial charge in [-0.05, 0) is 61.3 Å². The summed E-state index contributed by atoms with van der Waals surface area (Å²) in [6, 6.07) is 15.9. The van der Waals surface area contributed by atoms with Crippen LogP contribution in [0.1, 0.15) is 54.4 Å². The molecule has 3 rings (SSSR count). The number of nitrogens with zero attached hydrogens (tertiary/aromatic N) is 1. The lowest BCUT2D eigenvalue weighted by Crippen LogP contribution is -2.33. The van der Waals surface area contributed by atoms with Gasteiger partial charge in [0.1, 0.15) is 0 Å². The number of hydrogen-bond donors (Lipinski definition) is 2. The van der Waals surface area contributed by atoms with E-state index in [2.05, 4.69) is 22.0 Å². The molecule has 0 aliphatic heterocycles. The van der Waals surface area contributed by atoms with Crippen LogP contribution in [0.3, 0.4) is 0 Å². The minimum atomic E-state index is -0.962. The fourth-order valence-electron chi connectivity index (χ4n) is 4.38.